The summed E-state index contributed by atoms with van der Waals surface area (Å²) in [7, 11) is 0. The van der Waals surface area contributed by atoms with Gasteiger partial charge in [0.1, 0.15) is 5.75 Å². The van der Waals surface area contributed by atoms with Crippen molar-refractivity contribution in [2.45, 2.75) is 0 Å². The molecule has 0 aliphatic heterocycles. The number of hydrogen-bond acceptors (Lipinski definition) is 5. The van der Waals surface area contributed by atoms with Crippen molar-refractivity contribution in [2.75, 3.05) is 0 Å². The van der Waals surface area contributed by atoms with Gasteiger partial charge in [0.05, 0.1) is 28.1 Å². The van der Waals surface area contributed by atoms with Gasteiger partial charge in [-0.15, -0.1) is 0 Å². The third kappa shape index (κ3) is 3.57. The highest BCUT2D eigenvalue weighted by molar-refractivity contribution is 6.03. The van der Waals surface area contributed by atoms with Crippen LogP contribution in [0.15, 0.2) is 89.1 Å². The van der Waals surface area contributed by atoms with E-state index in [1.165, 1.54) is 0 Å². The van der Waals surface area contributed by atoms with E-state index in [2.05, 4.69) is 15.2 Å². The Bertz CT molecular complexity index is 1180. The second kappa shape index (κ2) is 7.28. The average molecular weight is 369 g/mol. The van der Waals surface area contributed by atoms with E-state index in [9.17, 15) is 15.0 Å². The number of rotatable bonds is 4. The van der Waals surface area contributed by atoms with Crippen LogP contribution in [0.4, 0.5) is 11.4 Å². The largest absolute Gasteiger partial charge is 0.508 e. The summed E-state index contributed by atoms with van der Waals surface area (Å²) in [6, 6.07) is 22.4. The number of phenolic OH excluding ortho intramolecular Hbond substituents is 1. The minimum atomic E-state index is -0.987. The molecule has 0 bridgehead atoms. The van der Waals surface area contributed by atoms with Crippen molar-refractivity contribution < 1.29 is 15.0 Å². The number of pyridine rings is 1. The van der Waals surface area contributed by atoms with Crippen molar-refractivity contribution in [1.82, 2.24) is 4.98 Å². The van der Waals surface area contributed by atoms with Gasteiger partial charge in [0.15, 0.2) is 0 Å². The molecule has 0 radical (unpaired) electrons. The maximum Gasteiger partial charge on any atom is 0.336 e. The zero-order valence-electron chi connectivity index (χ0n) is 14.6. The molecule has 6 nitrogen and oxygen atoms in total. The molecule has 0 fully saturated rings. The summed E-state index contributed by atoms with van der Waals surface area (Å²) >= 11 is 0. The Morgan fingerprint density at radius 3 is 2.07 bits per heavy atom. The minimum Gasteiger partial charge on any atom is -0.508 e. The SMILES string of the molecule is O=C(O)c1cc(-c2ccc(N=Nc3ccc(O)cc3)cc2)nc2ccccc12. The number of aromatic hydroxyl groups is 1. The maximum atomic E-state index is 11.6. The summed E-state index contributed by atoms with van der Waals surface area (Å²) in [6.45, 7) is 0. The van der Waals surface area contributed by atoms with Crippen molar-refractivity contribution in [2.24, 2.45) is 10.2 Å². The maximum absolute atomic E-state index is 11.6. The van der Waals surface area contributed by atoms with E-state index >= 15 is 0 Å². The van der Waals surface area contributed by atoms with E-state index in [1.54, 1.807) is 60.7 Å². The third-order valence-corrected chi connectivity index (χ3v) is 4.24. The van der Waals surface area contributed by atoms with Gasteiger partial charge in [-0.05, 0) is 48.5 Å². The van der Waals surface area contributed by atoms with Gasteiger partial charge in [0.2, 0.25) is 0 Å². The van der Waals surface area contributed by atoms with Gasteiger partial charge in [-0.1, -0.05) is 30.3 Å². The molecule has 4 rings (SSSR count). The number of carbonyl (C=O) groups is 1. The van der Waals surface area contributed by atoms with Crippen molar-refractivity contribution in [3.05, 3.63) is 84.4 Å². The molecule has 0 atom stereocenters. The van der Waals surface area contributed by atoms with Crippen LogP contribution in [0.1, 0.15) is 10.4 Å². The minimum absolute atomic E-state index is 0.173. The highest BCUT2D eigenvalue weighted by atomic mass is 16.4. The van der Waals surface area contributed by atoms with Crippen LogP contribution in [0.3, 0.4) is 0 Å². The number of fused-ring (bicyclic) bond motifs is 1. The van der Waals surface area contributed by atoms with Crippen LogP contribution in [0.5, 0.6) is 5.75 Å². The van der Waals surface area contributed by atoms with E-state index in [1.807, 2.05) is 18.2 Å². The number of aromatic nitrogens is 1. The van der Waals surface area contributed by atoms with E-state index in [4.69, 9.17) is 0 Å². The first kappa shape index (κ1) is 17.4. The van der Waals surface area contributed by atoms with Crippen LogP contribution < -0.4 is 0 Å². The first-order valence-electron chi connectivity index (χ1n) is 8.54. The van der Waals surface area contributed by atoms with Crippen molar-refractivity contribution >= 4 is 28.2 Å². The predicted molar refractivity (Wildman–Crippen MR) is 106 cm³/mol. The van der Waals surface area contributed by atoms with E-state index < -0.39 is 5.97 Å². The fourth-order valence-corrected chi connectivity index (χ4v) is 2.83. The fourth-order valence-electron chi connectivity index (χ4n) is 2.83. The van der Waals surface area contributed by atoms with Gasteiger partial charge < -0.3 is 10.2 Å². The monoisotopic (exact) mass is 369 g/mol. The molecule has 0 spiro atoms. The lowest BCUT2D eigenvalue weighted by Gasteiger charge is -2.07. The second-order valence-corrected chi connectivity index (χ2v) is 6.14. The van der Waals surface area contributed by atoms with Gasteiger partial charge in [0, 0.05) is 10.9 Å². The standard InChI is InChI=1S/C22H15N3O3/c26-17-11-9-16(10-12-17)25-24-15-7-5-14(6-8-15)21-13-19(22(27)28)18-3-1-2-4-20(18)23-21/h1-13,26H,(H,27,28). The van der Waals surface area contributed by atoms with Crippen molar-refractivity contribution in [1.29, 1.82) is 0 Å². The van der Waals surface area contributed by atoms with Crippen LogP contribution >= 0.6 is 0 Å². The van der Waals surface area contributed by atoms with E-state index in [0.29, 0.717) is 28.0 Å². The molecule has 6 heteroatoms. The average Bonchev–Trinajstić information content (AvgIpc) is 2.73. The van der Waals surface area contributed by atoms with Crippen LogP contribution in [-0.4, -0.2) is 21.2 Å². The first-order valence-corrected chi connectivity index (χ1v) is 8.54. The third-order valence-electron chi connectivity index (χ3n) is 4.24. The second-order valence-electron chi connectivity index (χ2n) is 6.14. The Morgan fingerprint density at radius 2 is 1.43 bits per heavy atom. The zero-order valence-corrected chi connectivity index (χ0v) is 14.6. The number of aromatic carboxylic acids is 1. The highest BCUT2D eigenvalue weighted by Crippen LogP contribution is 2.27. The van der Waals surface area contributed by atoms with Gasteiger partial charge in [-0.3, -0.25) is 0 Å². The number of para-hydroxylation sites is 1. The fraction of sp³-hybridized carbons (Fsp3) is 0. The molecule has 0 unspecified atom stereocenters. The zero-order chi connectivity index (χ0) is 19.5. The Kier molecular flexibility index (Phi) is 4.51. The highest BCUT2D eigenvalue weighted by Gasteiger charge is 2.12. The summed E-state index contributed by atoms with van der Waals surface area (Å²) in [4.78, 5) is 16.2. The topological polar surface area (TPSA) is 95.1 Å². The Labute approximate surface area is 160 Å². The van der Waals surface area contributed by atoms with Crippen LogP contribution in [0.2, 0.25) is 0 Å². The summed E-state index contributed by atoms with van der Waals surface area (Å²) in [5, 5.41) is 27.7. The molecule has 1 aromatic heterocycles. The summed E-state index contributed by atoms with van der Waals surface area (Å²) in [5.41, 5.74) is 3.50. The molecule has 2 N–H and O–H groups in total. The van der Waals surface area contributed by atoms with Crippen LogP contribution in [0.25, 0.3) is 22.2 Å². The van der Waals surface area contributed by atoms with Crippen LogP contribution in [-0.2, 0) is 0 Å². The number of carboxylic acids is 1. The molecule has 136 valence electrons. The first-order chi connectivity index (χ1) is 13.6. The lowest BCUT2D eigenvalue weighted by Crippen LogP contribution is -2.00. The number of nitrogens with zero attached hydrogens (tertiary/aromatic N) is 3. The molecular weight excluding hydrogens is 354 g/mol. The Balaban J connectivity index is 1.65. The lowest BCUT2D eigenvalue weighted by molar-refractivity contribution is 0.0699. The predicted octanol–water partition coefficient (Wildman–Crippen LogP) is 5.72. The Morgan fingerprint density at radius 1 is 0.821 bits per heavy atom. The summed E-state index contributed by atoms with van der Waals surface area (Å²) in [5.74, 6) is -0.814. The molecule has 0 saturated heterocycles. The molecule has 1 heterocycles. The van der Waals surface area contributed by atoms with Crippen molar-refractivity contribution in [3.63, 3.8) is 0 Å². The normalized spacial score (nSPS) is 11.1. The summed E-state index contributed by atoms with van der Waals surface area (Å²) < 4.78 is 0. The smallest absolute Gasteiger partial charge is 0.336 e. The molecule has 0 aliphatic rings. The number of hydrogen-bond donors (Lipinski definition) is 2. The number of benzene rings is 3. The van der Waals surface area contributed by atoms with E-state index in [-0.39, 0.29) is 11.3 Å². The number of azo groups is 1. The van der Waals surface area contributed by atoms with Crippen LogP contribution in [0, 0.1) is 0 Å². The molecule has 28 heavy (non-hydrogen) atoms. The van der Waals surface area contributed by atoms with Gasteiger partial charge in [0.25, 0.3) is 0 Å². The van der Waals surface area contributed by atoms with Crippen molar-refractivity contribution in [3.8, 4) is 17.0 Å². The molecule has 0 amide bonds. The van der Waals surface area contributed by atoms with Gasteiger partial charge in [-0.2, -0.15) is 10.2 Å². The van der Waals surface area contributed by atoms with Gasteiger partial charge >= 0.3 is 5.97 Å². The lowest BCUT2D eigenvalue weighted by atomic mass is 10.0. The molecular formula is C22H15N3O3. The number of carboxylic acid groups (broad SMARTS) is 1. The molecule has 3 aromatic carbocycles. The van der Waals surface area contributed by atoms with E-state index in [0.717, 1.165) is 5.56 Å². The molecule has 0 saturated carbocycles. The van der Waals surface area contributed by atoms with Gasteiger partial charge in [-0.25, -0.2) is 9.78 Å². The number of phenols is 1. The molecule has 4 aromatic rings. The summed E-state index contributed by atoms with van der Waals surface area (Å²) in [6.07, 6.45) is 0. The quantitative estimate of drug-likeness (QED) is 0.450. The molecule has 0 aliphatic carbocycles. The Hall–Kier alpha value is -4.06.